The lowest BCUT2D eigenvalue weighted by Gasteiger charge is -2.04. The first-order valence-corrected chi connectivity index (χ1v) is 5.43. The summed E-state index contributed by atoms with van der Waals surface area (Å²) in [7, 11) is 1.66. The molecule has 0 atom stereocenters. The number of thioether (sulfide) groups is 1. The Morgan fingerprint density at radius 2 is 2.57 bits per heavy atom. The largest absolute Gasteiger partial charge is 0.383 e. The Morgan fingerprint density at radius 1 is 1.79 bits per heavy atom. The molecule has 1 aromatic rings. The minimum atomic E-state index is 0.608. The van der Waals surface area contributed by atoms with Gasteiger partial charge in [0.2, 0.25) is 0 Å². The molecule has 6 heteroatoms. The molecule has 1 heterocycles. The molecule has 14 heavy (non-hydrogen) atoms. The van der Waals surface area contributed by atoms with Crippen LogP contribution in [0.15, 0.2) is 23.1 Å². The van der Waals surface area contributed by atoms with E-state index in [-0.39, 0.29) is 0 Å². The molecule has 0 radical (unpaired) electrons. The summed E-state index contributed by atoms with van der Waals surface area (Å²) in [5, 5.41) is 9.22. The zero-order valence-corrected chi connectivity index (χ0v) is 9.51. The molecule has 78 valence electrons. The zero-order valence-electron chi connectivity index (χ0n) is 7.94. The fraction of sp³-hybridized carbons (Fsp3) is 0.500. The van der Waals surface area contributed by atoms with Crippen molar-refractivity contribution in [3.05, 3.63) is 17.9 Å². The molecular weight excluding hydrogens is 222 g/mol. The third-order valence-electron chi connectivity index (χ3n) is 1.47. The van der Waals surface area contributed by atoms with Crippen LogP contribution in [0.5, 0.6) is 0 Å². The van der Waals surface area contributed by atoms with E-state index in [1.54, 1.807) is 13.4 Å². The molecule has 0 bridgehead atoms. The van der Waals surface area contributed by atoms with Gasteiger partial charge in [-0.1, -0.05) is 29.9 Å². The molecule has 0 spiro atoms. The minimum Gasteiger partial charge on any atom is -0.383 e. The van der Waals surface area contributed by atoms with E-state index in [4.69, 9.17) is 16.3 Å². The standard InChI is InChI=1S/C8H12ClN3OS/c1-7(9)5-14-8-11-10-6-12(8)3-4-13-2/h6H,1,3-5H2,2H3. The maximum atomic E-state index is 5.65. The molecule has 0 saturated carbocycles. The van der Waals surface area contributed by atoms with Gasteiger partial charge in [-0.15, -0.1) is 10.2 Å². The molecule has 1 aromatic heterocycles. The minimum absolute atomic E-state index is 0.608. The van der Waals surface area contributed by atoms with Gasteiger partial charge in [0, 0.05) is 24.4 Å². The molecule has 0 amide bonds. The predicted molar refractivity (Wildman–Crippen MR) is 57.6 cm³/mol. The molecule has 0 aromatic carbocycles. The van der Waals surface area contributed by atoms with Gasteiger partial charge in [0.25, 0.3) is 0 Å². The maximum absolute atomic E-state index is 5.65. The van der Waals surface area contributed by atoms with E-state index in [0.29, 0.717) is 17.4 Å². The molecule has 0 fully saturated rings. The van der Waals surface area contributed by atoms with Crippen LogP contribution in [-0.4, -0.2) is 34.2 Å². The van der Waals surface area contributed by atoms with Crippen LogP contribution in [0.2, 0.25) is 0 Å². The number of methoxy groups -OCH3 is 1. The van der Waals surface area contributed by atoms with Crippen LogP contribution in [0.3, 0.4) is 0 Å². The number of halogens is 1. The Balaban J connectivity index is 2.49. The first-order valence-electron chi connectivity index (χ1n) is 4.07. The second-order valence-electron chi connectivity index (χ2n) is 2.61. The third-order valence-corrected chi connectivity index (χ3v) is 2.83. The van der Waals surface area contributed by atoms with Crippen LogP contribution in [0.1, 0.15) is 0 Å². The van der Waals surface area contributed by atoms with Gasteiger partial charge in [-0.2, -0.15) is 0 Å². The second-order valence-corrected chi connectivity index (χ2v) is 4.08. The quantitative estimate of drug-likeness (QED) is 0.703. The Kier molecular flexibility index (Phi) is 5.00. The smallest absolute Gasteiger partial charge is 0.191 e. The Bertz CT molecular complexity index is 303. The van der Waals surface area contributed by atoms with E-state index in [1.165, 1.54) is 11.8 Å². The molecule has 1 rings (SSSR count). The van der Waals surface area contributed by atoms with Gasteiger partial charge >= 0.3 is 0 Å². The second kappa shape index (κ2) is 6.06. The number of hydrogen-bond acceptors (Lipinski definition) is 4. The van der Waals surface area contributed by atoms with E-state index < -0.39 is 0 Å². The highest BCUT2D eigenvalue weighted by atomic mass is 35.5. The van der Waals surface area contributed by atoms with Crippen molar-refractivity contribution >= 4 is 23.4 Å². The summed E-state index contributed by atoms with van der Waals surface area (Å²) in [5.74, 6) is 0.646. The van der Waals surface area contributed by atoms with Crippen molar-refractivity contribution in [2.24, 2.45) is 0 Å². The summed E-state index contributed by atoms with van der Waals surface area (Å²) >= 11 is 7.17. The monoisotopic (exact) mass is 233 g/mol. The van der Waals surface area contributed by atoms with Crippen molar-refractivity contribution in [3.63, 3.8) is 0 Å². The highest BCUT2D eigenvalue weighted by Gasteiger charge is 2.04. The lowest BCUT2D eigenvalue weighted by atomic mass is 10.7. The Morgan fingerprint density at radius 3 is 3.21 bits per heavy atom. The summed E-state index contributed by atoms with van der Waals surface area (Å²) in [4.78, 5) is 0. The lowest BCUT2D eigenvalue weighted by Crippen LogP contribution is -2.04. The topological polar surface area (TPSA) is 39.9 Å². The predicted octanol–water partition coefficient (Wildman–Crippen LogP) is 1.77. The molecule has 0 aliphatic rings. The lowest BCUT2D eigenvalue weighted by molar-refractivity contribution is 0.184. The van der Waals surface area contributed by atoms with Gasteiger partial charge in [0.15, 0.2) is 5.16 Å². The van der Waals surface area contributed by atoms with Gasteiger partial charge in [0.05, 0.1) is 6.61 Å². The highest BCUT2D eigenvalue weighted by molar-refractivity contribution is 7.99. The molecule has 0 aliphatic carbocycles. The number of rotatable bonds is 6. The van der Waals surface area contributed by atoms with Crippen molar-refractivity contribution in [1.82, 2.24) is 14.8 Å². The third kappa shape index (κ3) is 3.69. The highest BCUT2D eigenvalue weighted by Crippen LogP contribution is 2.18. The number of ether oxygens (including phenoxy) is 1. The SMILES string of the molecule is C=C(Cl)CSc1nncn1CCOC. The van der Waals surface area contributed by atoms with Crippen LogP contribution < -0.4 is 0 Å². The van der Waals surface area contributed by atoms with Crippen LogP contribution in [0, 0.1) is 0 Å². The van der Waals surface area contributed by atoms with Crippen molar-refractivity contribution in [1.29, 1.82) is 0 Å². The average Bonchev–Trinajstić information content (AvgIpc) is 2.58. The first-order chi connectivity index (χ1) is 6.74. The summed E-state index contributed by atoms with van der Waals surface area (Å²) < 4.78 is 6.89. The van der Waals surface area contributed by atoms with E-state index in [2.05, 4.69) is 16.8 Å². The van der Waals surface area contributed by atoms with E-state index in [0.717, 1.165) is 11.7 Å². The summed E-state index contributed by atoms with van der Waals surface area (Å²) in [6.45, 7) is 5.01. The zero-order chi connectivity index (χ0) is 10.4. The molecule has 0 aliphatic heterocycles. The maximum Gasteiger partial charge on any atom is 0.191 e. The molecule has 0 N–H and O–H groups in total. The normalized spacial score (nSPS) is 10.4. The summed E-state index contributed by atoms with van der Waals surface area (Å²) in [6.07, 6.45) is 1.68. The summed E-state index contributed by atoms with van der Waals surface area (Å²) in [5.41, 5.74) is 0. The molecule has 0 unspecified atom stereocenters. The van der Waals surface area contributed by atoms with Gasteiger partial charge in [-0.25, -0.2) is 0 Å². The molecule has 0 saturated heterocycles. The number of nitrogens with zero attached hydrogens (tertiary/aromatic N) is 3. The first kappa shape index (κ1) is 11.6. The van der Waals surface area contributed by atoms with Crippen molar-refractivity contribution in [2.75, 3.05) is 19.5 Å². The fourth-order valence-corrected chi connectivity index (χ4v) is 1.70. The van der Waals surface area contributed by atoms with Crippen molar-refractivity contribution < 1.29 is 4.74 Å². The van der Waals surface area contributed by atoms with Gasteiger partial charge in [-0.3, -0.25) is 0 Å². The average molecular weight is 234 g/mol. The van der Waals surface area contributed by atoms with Crippen LogP contribution >= 0.6 is 23.4 Å². The van der Waals surface area contributed by atoms with Crippen LogP contribution in [0.4, 0.5) is 0 Å². The van der Waals surface area contributed by atoms with Crippen LogP contribution in [0.25, 0.3) is 0 Å². The van der Waals surface area contributed by atoms with Gasteiger partial charge < -0.3 is 9.30 Å². The van der Waals surface area contributed by atoms with Crippen molar-refractivity contribution in [2.45, 2.75) is 11.7 Å². The number of hydrogen-bond donors (Lipinski definition) is 0. The van der Waals surface area contributed by atoms with Crippen LogP contribution in [-0.2, 0) is 11.3 Å². The fourth-order valence-electron chi connectivity index (χ4n) is 0.842. The summed E-state index contributed by atoms with van der Waals surface area (Å²) in [6, 6.07) is 0. The van der Waals surface area contributed by atoms with E-state index in [1.807, 2.05) is 4.57 Å². The Hall–Kier alpha value is -0.520. The van der Waals surface area contributed by atoms with Gasteiger partial charge in [-0.05, 0) is 0 Å². The molecule has 4 nitrogen and oxygen atoms in total. The van der Waals surface area contributed by atoms with Gasteiger partial charge in [0.1, 0.15) is 6.33 Å². The number of aromatic nitrogens is 3. The molecular formula is C8H12ClN3OS. The van der Waals surface area contributed by atoms with Crippen molar-refractivity contribution in [3.8, 4) is 0 Å². The van der Waals surface area contributed by atoms with E-state index >= 15 is 0 Å². The van der Waals surface area contributed by atoms with E-state index in [9.17, 15) is 0 Å². The Labute approximate surface area is 92.3 Å².